The van der Waals surface area contributed by atoms with Crippen LogP contribution in [0.1, 0.15) is 17.0 Å². The lowest BCUT2D eigenvalue weighted by molar-refractivity contribution is -0.141. The van der Waals surface area contributed by atoms with E-state index in [0.29, 0.717) is 0 Å². The molecule has 4 rings (SSSR count). The molecule has 134 valence electrons. The van der Waals surface area contributed by atoms with Gasteiger partial charge in [0.15, 0.2) is 0 Å². The molecule has 1 saturated heterocycles. The summed E-state index contributed by atoms with van der Waals surface area (Å²) >= 11 is 0. The Morgan fingerprint density at radius 1 is 1.04 bits per heavy atom. The van der Waals surface area contributed by atoms with Gasteiger partial charge < -0.3 is 20.5 Å². The average molecular weight is 352 g/mol. The zero-order valence-electron chi connectivity index (χ0n) is 14.2. The number of aliphatic carboxylic acids is 1. The van der Waals surface area contributed by atoms with Gasteiger partial charge >= 0.3 is 12.1 Å². The number of hydrogen-bond acceptors (Lipinski definition) is 4. The van der Waals surface area contributed by atoms with Crippen LogP contribution in [0.3, 0.4) is 0 Å². The van der Waals surface area contributed by atoms with Crippen LogP contribution in [0.5, 0.6) is 0 Å². The highest BCUT2D eigenvalue weighted by molar-refractivity contribution is 5.79. The molecule has 6 nitrogen and oxygen atoms in total. The first-order valence-electron chi connectivity index (χ1n) is 8.64. The fourth-order valence-corrected chi connectivity index (χ4v) is 3.92. The molecule has 1 amide bonds. The minimum absolute atomic E-state index is 0.0158. The van der Waals surface area contributed by atoms with Crippen molar-refractivity contribution >= 4 is 12.1 Å². The lowest BCUT2D eigenvalue weighted by Gasteiger charge is -2.19. The molecule has 6 heteroatoms. The number of ether oxygens (including phenoxy) is 1. The molecule has 0 aromatic heterocycles. The first-order chi connectivity index (χ1) is 12.6. The molecule has 2 aliphatic rings. The number of likely N-dealkylation sites (tertiary alicyclic amines) is 1. The second-order valence-electron chi connectivity index (χ2n) is 6.82. The van der Waals surface area contributed by atoms with Crippen molar-refractivity contribution in [2.45, 2.75) is 12.0 Å². The average Bonchev–Trinajstić information content (AvgIpc) is 3.18. The number of rotatable bonds is 3. The predicted octanol–water partition coefficient (Wildman–Crippen LogP) is 2.28. The fourth-order valence-electron chi connectivity index (χ4n) is 3.92. The number of carboxylic acids is 1. The molecular formula is C20H20N2O4. The number of amides is 1. The van der Waals surface area contributed by atoms with Gasteiger partial charge in [-0.1, -0.05) is 48.5 Å². The molecule has 0 unspecified atom stereocenters. The number of benzene rings is 2. The summed E-state index contributed by atoms with van der Waals surface area (Å²) < 4.78 is 5.54. The summed E-state index contributed by atoms with van der Waals surface area (Å²) in [6.45, 7) is 0.511. The zero-order valence-corrected chi connectivity index (χ0v) is 14.2. The minimum Gasteiger partial charge on any atom is -0.481 e. The summed E-state index contributed by atoms with van der Waals surface area (Å²) in [5.74, 6) is -1.74. The second kappa shape index (κ2) is 6.46. The number of hydrogen-bond donors (Lipinski definition) is 2. The van der Waals surface area contributed by atoms with E-state index in [0.717, 1.165) is 11.1 Å². The summed E-state index contributed by atoms with van der Waals surface area (Å²) in [6.07, 6.45) is -0.508. The van der Waals surface area contributed by atoms with E-state index in [1.165, 1.54) is 16.0 Å². The Bertz CT molecular complexity index is 821. The van der Waals surface area contributed by atoms with Gasteiger partial charge in [-0.05, 0) is 22.3 Å². The Morgan fingerprint density at radius 2 is 1.62 bits per heavy atom. The Morgan fingerprint density at radius 3 is 2.15 bits per heavy atom. The normalized spacial score (nSPS) is 21.3. The topological polar surface area (TPSA) is 92.9 Å². The number of carbonyl (C=O) groups excluding carboxylic acids is 1. The van der Waals surface area contributed by atoms with Crippen molar-refractivity contribution in [2.75, 3.05) is 19.7 Å². The summed E-state index contributed by atoms with van der Waals surface area (Å²) in [4.78, 5) is 24.9. The molecule has 1 heterocycles. The van der Waals surface area contributed by atoms with E-state index in [-0.39, 0.29) is 25.6 Å². The lowest BCUT2D eigenvalue weighted by Crippen LogP contribution is -2.34. The van der Waals surface area contributed by atoms with Crippen molar-refractivity contribution in [3.63, 3.8) is 0 Å². The highest BCUT2D eigenvalue weighted by Gasteiger charge is 2.38. The molecule has 0 spiro atoms. The highest BCUT2D eigenvalue weighted by Crippen LogP contribution is 2.44. The molecule has 1 aliphatic carbocycles. The van der Waals surface area contributed by atoms with Crippen molar-refractivity contribution in [1.29, 1.82) is 0 Å². The number of nitrogens with zero attached hydrogens (tertiary/aromatic N) is 1. The number of nitrogens with two attached hydrogens (primary N) is 1. The molecular weight excluding hydrogens is 332 g/mol. The van der Waals surface area contributed by atoms with E-state index in [1.54, 1.807) is 0 Å². The van der Waals surface area contributed by atoms with Crippen molar-refractivity contribution in [3.05, 3.63) is 59.7 Å². The summed E-state index contributed by atoms with van der Waals surface area (Å²) in [7, 11) is 0. The Hall–Kier alpha value is -2.86. The first-order valence-corrected chi connectivity index (χ1v) is 8.64. The minimum atomic E-state index is -0.980. The smallest absolute Gasteiger partial charge is 0.409 e. The first kappa shape index (κ1) is 16.6. The van der Waals surface area contributed by atoms with Crippen molar-refractivity contribution in [3.8, 4) is 11.1 Å². The van der Waals surface area contributed by atoms with Gasteiger partial charge in [-0.3, -0.25) is 4.79 Å². The van der Waals surface area contributed by atoms with E-state index < -0.39 is 24.0 Å². The summed E-state index contributed by atoms with van der Waals surface area (Å²) in [6, 6.07) is 15.7. The molecule has 2 aromatic carbocycles. The van der Waals surface area contributed by atoms with Gasteiger partial charge in [-0.15, -0.1) is 0 Å². The molecule has 3 N–H and O–H groups in total. The Kier molecular flexibility index (Phi) is 4.12. The van der Waals surface area contributed by atoms with Crippen LogP contribution < -0.4 is 5.73 Å². The van der Waals surface area contributed by atoms with Crippen LogP contribution in [0.15, 0.2) is 48.5 Å². The van der Waals surface area contributed by atoms with Gasteiger partial charge in [-0.2, -0.15) is 0 Å². The standard InChI is InChI=1S/C20H20N2O4/c21-18-10-22(9-16(18)19(23)24)20(25)26-11-17-14-7-3-1-5-12(14)13-6-2-4-8-15(13)17/h1-8,16-18H,9-11,21H2,(H,23,24)/t16-,18-/m1/s1. The van der Waals surface area contributed by atoms with Crippen LogP contribution in [0.2, 0.25) is 0 Å². The van der Waals surface area contributed by atoms with E-state index in [1.807, 2.05) is 24.3 Å². The van der Waals surface area contributed by atoms with Crippen LogP contribution in [0.25, 0.3) is 11.1 Å². The van der Waals surface area contributed by atoms with Crippen LogP contribution in [-0.4, -0.2) is 47.8 Å². The number of carbonyl (C=O) groups is 2. The van der Waals surface area contributed by atoms with Gasteiger partial charge in [0.1, 0.15) is 6.61 Å². The van der Waals surface area contributed by atoms with Crippen LogP contribution in [-0.2, 0) is 9.53 Å². The molecule has 0 bridgehead atoms. The van der Waals surface area contributed by atoms with Crippen LogP contribution in [0, 0.1) is 5.92 Å². The van der Waals surface area contributed by atoms with Gasteiger partial charge in [0.2, 0.25) is 0 Å². The van der Waals surface area contributed by atoms with Crippen molar-refractivity contribution < 1.29 is 19.4 Å². The lowest BCUT2D eigenvalue weighted by atomic mass is 9.98. The van der Waals surface area contributed by atoms with E-state index in [4.69, 9.17) is 15.6 Å². The molecule has 26 heavy (non-hydrogen) atoms. The fraction of sp³-hybridized carbons (Fsp3) is 0.300. The van der Waals surface area contributed by atoms with Crippen LogP contribution in [0.4, 0.5) is 4.79 Å². The number of carboxylic acid groups (broad SMARTS) is 1. The third kappa shape index (κ3) is 2.72. The second-order valence-corrected chi connectivity index (χ2v) is 6.82. The molecule has 1 fully saturated rings. The molecule has 0 radical (unpaired) electrons. The SMILES string of the molecule is N[C@@H]1CN(C(=O)OCC2c3ccccc3-c3ccccc32)C[C@H]1C(=O)O. The third-order valence-corrected chi connectivity index (χ3v) is 5.28. The van der Waals surface area contributed by atoms with Gasteiger partial charge in [0.25, 0.3) is 0 Å². The van der Waals surface area contributed by atoms with Crippen molar-refractivity contribution in [1.82, 2.24) is 4.90 Å². The number of fused-ring (bicyclic) bond motifs is 3. The summed E-state index contributed by atoms with van der Waals surface area (Å²) in [5.41, 5.74) is 10.4. The molecule has 2 atom stereocenters. The Labute approximate surface area is 151 Å². The zero-order chi connectivity index (χ0) is 18.3. The quantitative estimate of drug-likeness (QED) is 0.884. The Balaban J connectivity index is 1.49. The highest BCUT2D eigenvalue weighted by atomic mass is 16.6. The van der Waals surface area contributed by atoms with Crippen molar-refractivity contribution in [2.24, 2.45) is 11.7 Å². The molecule has 0 saturated carbocycles. The largest absolute Gasteiger partial charge is 0.481 e. The van der Waals surface area contributed by atoms with Crippen LogP contribution >= 0.6 is 0 Å². The maximum Gasteiger partial charge on any atom is 0.409 e. The monoisotopic (exact) mass is 352 g/mol. The van der Waals surface area contributed by atoms with E-state index in [2.05, 4.69) is 24.3 Å². The third-order valence-electron chi connectivity index (χ3n) is 5.28. The predicted molar refractivity (Wildman–Crippen MR) is 95.7 cm³/mol. The molecule has 2 aromatic rings. The van der Waals surface area contributed by atoms with Gasteiger partial charge in [0, 0.05) is 25.0 Å². The maximum absolute atomic E-state index is 12.4. The van der Waals surface area contributed by atoms with E-state index in [9.17, 15) is 9.59 Å². The van der Waals surface area contributed by atoms with Gasteiger partial charge in [-0.25, -0.2) is 4.79 Å². The maximum atomic E-state index is 12.4. The van der Waals surface area contributed by atoms with E-state index >= 15 is 0 Å². The molecule has 1 aliphatic heterocycles. The van der Waals surface area contributed by atoms with Gasteiger partial charge in [0.05, 0.1) is 5.92 Å². The summed E-state index contributed by atoms with van der Waals surface area (Å²) in [5, 5.41) is 9.15.